The topological polar surface area (TPSA) is 88.2 Å². The van der Waals surface area contributed by atoms with Gasteiger partial charge in [-0.3, -0.25) is 4.79 Å². The highest BCUT2D eigenvalue weighted by Gasteiger charge is 2.41. The van der Waals surface area contributed by atoms with Gasteiger partial charge in [-0.15, -0.1) is 10.2 Å². The maximum absolute atomic E-state index is 11.8. The van der Waals surface area contributed by atoms with Gasteiger partial charge in [0.15, 0.2) is 0 Å². The van der Waals surface area contributed by atoms with E-state index < -0.39 is 0 Å². The standard InChI is InChI=1S/C17H21N3O3/c1-12-2-4-13(5-3-12)16-20-19-15(23-16)7-6-14(22)18-10-17(11-21)8-9-17/h2-5,21H,6-11H2,1H3,(H,18,22). The second-order valence-corrected chi connectivity index (χ2v) is 6.30. The predicted octanol–water partition coefficient (Wildman–Crippen LogP) is 1.87. The molecule has 0 saturated heterocycles. The number of aliphatic hydroxyl groups excluding tert-OH is 1. The van der Waals surface area contributed by atoms with Gasteiger partial charge >= 0.3 is 0 Å². The number of hydrogen-bond acceptors (Lipinski definition) is 5. The van der Waals surface area contributed by atoms with Crippen molar-refractivity contribution in [1.82, 2.24) is 15.5 Å². The summed E-state index contributed by atoms with van der Waals surface area (Å²) in [5.41, 5.74) is 1.97. The Morgan fingerprint density at radius 3 is 2.70 bits per heavy atom. The van der Waals surface area contributed by atoms with E-state index in [2.05, 4.69) is 15.5 Å². The highest BCUT2D eigenvalue weighted by molar-refractivity contribution is 5.76. The van der Waals surface area contributed by atoms with Crippen molar-refractivity contribution < 1.29 is 14.3 Å². The van der Waals surface area contributed by atoms with Gasteiger partial charge in [0, 0.05) is 30.4 Å². The second-order valence-electron chi connectivity index (χ2n) is 6.30. The van der Waals surface area contributed by atoms with Gasteiger partial charge in [0.25, 0.3) is 0 Å². The van der Waals surface area contributed by atoms with Crippen LogP contribution in [0.5, 0.6) is 0 Å². The first kappa shape index (κ1) is 15.7. The van der Waals surface area contributed by atoms with Crippen LogP contribution in [0.15, 0.2) is 28.7 Å². The molecule has 23 heavy (non-hydrogen) atoms. The lowest BCUT2D eigenvalue weighted by atomic mass is 10.1. The van der Waals surface area contributed by atoms with Crippen molar-refractivity contribution in [3.8, 4) is 11.5 Å². The Kier molecular flexibility index (Phi) is 4.43. The number of nitrogens with zero attached hydrogens (tertiary/aromatic N) is 2. The van der Waals surface area contributed by atoms with E-state index in [0.717, 1.165) is 18.4 Å². The number of aliphatic hydroxyl groups is 1. The summed E-state index contributed by atoms with van der Waals surface area (Å²) in [6.07, 6.45) is 2.68. The van der Waals surface area contributed by atoms with E-state index in [4.69, 9.17) is 4.42 Å². The molecule has 122 valence electrons. The van der Waals surface area contributed by atoms with Crippen molar-refractivity contribution in [3.05, 3.63) is 35.7 Å². The molecule has 6 nitrogen and oxygen atoms in total. The molecule has 6 heteroatoms. The van der Waals surface area contributed by atoms with Crippen LogP contribution in [0.3, 0.4) is 0 Å². The van der Waals surface area contributed by atoms with Crippen LogP contribution in [-0.2, 0) is 11.2 Å². The summed E-state index contributed by atoms with van der Waals surface area (Å²) < 4.78 is 5.60. The van der Waals surface area contributed by atoms with Crippen molar-refractivity contribution in [3.63, 3.8) is 0 Å². The summed E-state index contributed by atoms with van der Waals surface area (Å²) in [4.78, 5) is 11.8. The van der Waals surface area contributed by atoms with E-state index in [1.54, 1.807) is 0 Å². The van der Waals surface area contributed by atoms with E-state index in [0.29, 0.717) is 31.2 Å². The molecule has 1 fully saturated rings. The van der Waals surface area contributed by atoms with Gasteiger partial charge in [-0.1, -0.05) is 17.7 Å². The van der Waals surface area contributed by atoms with Gasteiger partial charge in [0.2, 0.25) is 17.7 Å². The average molecular weight is 315 g/mol. The highest BCUT2D eigenvalue weighted by Crippen LogP contribution is 2.44. The van der Waals surface area contributed by atoms with Gasteiger partial charge in [-0.25, -0.2) is 0 Å². The molecule has 3 rings (SSSR count). The number of benzene rings is 1. The molecular formula is C17H21N3O3. The lowest BCUT2D eigenvalue weighted by Crippen LogP contribution is -2.31. The summed E-state index contributed by atoms with van der Waals surface area (Å²) in [6, 6.07) is 7.84. The monoisotopic (exact) mass is 315 g/mol. The first-order valence-electron chi connectivity index (χ1n) is 7.87. The third kappa shape index (κ3) is 3.96. The molecule has 1 aliphatic carbocycles. The van der Waals surface area contributed by atoms with Gasteiger partial charge in [0.1, 0.15) is 0 Å². The average Bonchev–Trinajstić information content (AvgIpc) is 3.20. The van der Waals surface area contributed by atoms with Crippen LogP contribution >= 0.6 is 0 Å². The summed E-state index contributed by atoms with van der Waals surface area (Å²) in [5, 5.41) is 20.1. The van der Waals surface area contributed by atoms with E-state index in [9.17, 15) is 9.90 Å². The van der Waals surface area contributed by atoms with Crippen LogP contribution in [0, 0.1) is 12.3 Å². The Hall–Kier alpha value is -2.21. The fourth-order valence-corrected chi connectivity index (χ4v) is 2.33. The quantitative estimate of drug-likeness (QED) is 0.814. The number of aryl methyl sites for hydroxylation is 2. The maximum atomic E-state index is 11.8. The predicted molar refractivity (Wildman–Crippen MR) is 84.6 cm³/mol. The molecule has 0 aliphatic heterocycles. The Morgan fingerprint density at radius 1 is 1.30 bits per heavy atom. The Bertz CT molecular complexity index is 675. The zero-order valence-corrected chi connectivity index (χ0v) is 13.2. The molecule has 1 amide bonds. The molecular weight excluding hydrogens is 294 g/mol. The number of rotatable bonds is 7. The minimum absolute atomic E-state index is 0.0557. The zero-order chi connectivity index (χ0) is 16.3. The molecule has 2 N–H and O–H groups in total. The van der Waals surface area contributed by atoms with Crippen LogP contribution in [0.4, 0.5) is 0 Å². The van der Waals surface area contributed by atoms with Gasteiger partial charge < -0.3 is 14.8 Å². The lowest BCUT2D eigenvalue weighted by molar-refractivity contribution is -0.121. The maximum Gasteiger partial charge on any atom is 0.247 e. The smallest absolute Gasteiger partial charge is 0.247 e. The first-order chi connectivity index (χ1) is 11.1. The molecule has 0 bridgehead atoms. The van der Waals surface area contributed by atoms with E-state index in [1.807, 2.05) is 31.2 Å². The van der Waals surface area contributed by atoms with Crippen molar-refractivity contribution in [2.45, 2.75) is 32.6 Å². The molecule has 0 radical (unpaired) electrons. The number of carbonyl (C=O) groups excluding carboxylic acids is 1. The van der Waals surface area contributed by atoms with E-state index >= 15 is 0 Å². The van der Waals surface area contributed by atoms with Crippen LogP contribution < -0.4 is 5.32 Å². The number of amides is 1. The number of hydrogen-bond donors (Lipinski definition) is 2. The molecule has 1 aliphatic rings. The van der Waals surface area contributed by atoms with Gasteiger partial charge in [-0.2, -0.15) is 0 Å². The molecule has 0 atom stereocenters. The molecule has 1 saturated carbocycles. The van der Waals surface area contributed by atoms with Crippen molar-refractivity contribution in [2.24, 2.45) is 5.41 Å². The second kappa shape index (κ2) is 6.50. The summed E-state index contributed by atoms with van der Waals surface area (Å²) in [7, 11) is 0. The zero-order valence-electron chi connectivity index (χ0n) is 13.2. The Morgan fingerprint density at radius 2 is 2.04 bits per heavy atom. The SMILES string of the molecule is Cc1ccc(-c2nnc(CCC(=O)NCC3(CO)CC3)o2)cc1. The number of aromatic nitrogens is 2. The van der Waals surface area contributed by atoms with Crippen LogP contribution in [-0.4, -0.2) is 34.4 Å². The van der Waals surface area contributed by atoms with E-state index in [1.165, 1.54) is 5.56 Å². The third-order valence-electron chi connectivity index (χ3n) is 4.28. The van der Waals surface area contributed by atoms with E-state index in [-0.39, 0.29) is 17.9 Å². The lowest BCUT2D eigenvalue weighted by Gasteiger charge is -2.12. The fraction of sp³-hybridized carbons (Fsp3) is 0.471. The molecule has 1 aromatic carbocycles. The normalized spacial score (nSPS) is 15.4. The molecule has 1 aromatic heterocycles. The molecule has 1 heterocycles. The van der Waals surface area contributed by atoms with Crippen LogP contribution in [0.2, 0.25) is 0 Å². The summed E-state index contributed by atoms with van der Waals surface area (Å²) in [5.74, 6) is 0.872. The molecule has 2 aromatic rings. The number of carbonyl (C=O) groups is 1. The first-order valence-corrected chi connectivity index (χ1v) is 7.87. The third-order valence-corrected chi connectivity index (χ3v) is 4.28. The largest absolute Gasteiger partial charge is 0.421 e. The number of nitrogens with one attached hydrogen (secondary N) is 1. The molecule has 0 unspecified atom stereocenters. The minimum atomic E-state index is -0.0707. The van der Waals surface area contributed by atoms with Crippen LogP contribution in [0.25, 0.3) is 11.5 Å². The van der Waals surface area contributed by atoms with Crippen molar-refractivity contribution in [1.29, 1.82) is 0 Å². The Labute approximate surface area is 134 Å². The summed E-state index contributed by atoms with van der Waals surface area (Å²) >= 11 is 0. The minimum Gasteiger partial charge on any atom is -0.421 e. The van der Waals surface area contributed by atoms with Crippen molar-refractivity contribution in [2.75, 3.05) is 13.2 Å². The Balaban J connectivity index is 1.49. The molecule has 0 spiro atoms. The highest BCUT2D eigenvalue weighted by atomic mass is 16.4. The van der Waals surface area contributed by atoms with Gasteiger partial charge in [0.05, 0.1) is 6.61 Å². The van der Waals surface area contributed by atoms with Gasteiger partial charge in [-0.05, 0) is 31.9 Å². The van der Waals surface area contributed by atoms with Crippen LogP contribution in [0.1, 0.15) is 30.7 Å². The fourth-order valence-electron chi connectivity index (χ4n) is 2.33. The van der Waals surface area contributed by atoms with Crippen molar-refractivity contribution >= 4 is 5.91 Å². The summed E-state index contributed by atoms with van der Waals surface area (Å²) in [6.45, 7) is 2.70.